The van der Waals surface area contributed by atoms with E-state index in [1.165, 1.54) is 0 Å². The van der Waals surface area contributed by atoms with Gasteiger partial charge < -0.3 is 24.8 Å². The predicted octanol–water partition coefficient (Wildman–Crippen LogP) is 3.84. The Labute approximate surface area is 173 Å². The fraction of sp³-hybridized carbons (Fsp3) is 0.636. The molecule has 0 bridgehead atoms. The highest BCUT2D eigenvalue weighted by molar-refractivity contribution is 5.70. The molecule has 1 heterocycles. The molecule has 2 rings (SSSR count). The van der Waals surface area contributed by atoms with Gasteiger partial charge in [-0.2, -0.15) is 0 Å². The number of benzene rings is 1. The van der Waals surface area contributed by atoms with Crippen LogP contribution in [0.15, 0.2) is 30.3 Å². The van der Waals surface area contributed by atoms with E-state index in [9.17, 15) is 14.7 Å². The standard InChI is InChI=1S/C22H34N2O5/c1-5-19(25)13-17-11-12-18(24(17)21(27)29-22(2,3)4)14-23-20(26)28-15-16-9-7-6-8-10-16/h6-10,17-19,25H,5,11-15H2,1-4H3,(H,23,26)/t17-,18+,19?/m0/s1. The van der Waals surface area contributed by atoms with Crippen LogP contribution >= 0.6 is 0 Å². The number of alkyl carbamates (subject to hydrolysis) is 1. The molecule has 7 heteroatoms. The van der Waals surface area contributed by atoms with Crippen LogP contribution in [0, 0.1) is 0 Å². The summed E-state index contributed by atoms with van der Waals surface area (Å²) >= 11 is 0. The summed E-state index contributed by atoms with van der Waals surface area (Å²) in [6.45, 7) is 7.87. The lowest BCUT2D eigenvalue weighted by Crippen LogP contribution is -2.49. The Morgan fingerprint density at radius 1 is 1.21 bits per heavy atom. The van der Waals surface area contributed by atoms with Crippen molar-refractivity contribution in [2.45, 2.75) is 83.8 Å². The van der Waals surface area contributed by atoms with Gasteiger partial charge in [-0.15, -0.1) is 0 Å². The van der Waals surface area contributed by atoms with Crippen LogP contribution in [-0.4, -0.2) is 52.5 Å². The van der Waals surface area contributed by atoms with Crippen molar-refractivity contribution in [1.82, 2.24) is 10.2 Å². The Bertz CT molecular complexity index is 659. The molecular weight excluding hydrogens is 372 g/mol. The van der Waals surface area contributed by atoms with E-state index in [-0.39, 0.29) is 25.2 Å². The number of rotatable bonds is 7. The lowest BCUT2D eigenvalue weighted by Gasteiger charge is -2.33. The molecule has 2 amide bonds. The summed E-state index contributed by atoms with van der Waals surface area (Å²) in [4.78, 5) is 26.5. The fourth-order valence-corrected chi connectivity index (χ4v) is 3.46. The first-order valence-corrected chi connectivity index (χ1v) is 10.3. The number of ether oxygens (including phenoxy) is 2. The van der Waals surface area contributed by atoms with Crippen LogP contribution in [0.25, 0.3) is 0 Å². The van der Waals surface area contributed by atoms with Gasteiger partial charge in [-0.25, -0.2) is 9.59 Å². The van der Waals surface area contributed by atoms with Gasteiger partial charge in [-0.3, -0.25) is 0 Å². The Hall–Kier alpha value is -2.28. The number of likely N-dealkylation sites (tertiary alicyclic amines) is 1. The van der Waals surface area contributed by atoms with Gasteiger partial charge in [0.1, 0.15) is 12.2 Å². The van der Waals surface area contributed by atoms with Crippen LogP contribution in [0.1, 0.15) is 58.9 Å². The maximum atomic E-state index is 12.8. The van der Waals surface area contributed by atoms with Crippen molar-refractivity contribution in [3.05, 3.63) is 35.9 Å². The number of carbonyl (C=O) groups excluding carboxylic acids is 2. The molecule has 1 fully saturated rings. The van der Waals surface area contributed by atoms with Crippen molar-refractivity contribution in [2.24, 2.45) is 0 Å². The summed E-state index contributed by atoms with van der Waals surface area (Å²) in [5, 5.41) is 12.8. The van der Waals surface area contributed by atoms with Crippen molar-refractivity contribution in [3.63, 3.8) is 0 Å². The Balaban J connectivity index is 1.93. The summed E-state index contributed by atoms with van der Waals surface area (Å²) in [6.07, 6.45) is 1.24. The molecule has 0 aromatic heterocycles. The van der Waals surface area contributed by atoms with Crippen LogP contribution in [0.4, 0.5) is 9.59 Å². The quantitative estimate of drug-likeness (QED) is 0.718. The van der Waals surface area contributed by atoms with Gasteiger partial charge in [0.25, 0.3) is 0 Å². The van der Waals surface area contributed by atoms with Gasteiger partial charge >= 0.3 is 12.2 Å². The number of aliphatic hydroxyl groups is 1. The third-order valence-corrected chi connectivity index (χ3v) is 4.93. The summed E-state index contributed by atoms with van der Waals surface area (Å²) in [6, 6.07) is 9.16. The third kappa shape index (κ3) is 7.57. The summed E-state index contributed by atoms with van der Waals surface area (Å²) in [5.74, 6) is 0. The monoisotopic (exact) mass is 406 g/mol. The SMILES string of the molecule is CCC(O)C[C@@H]1CC[C@H](CNC(=O)OCc2ccccc2)N1C(=O)OC(C)(C)C. The Morgan fingerprint density at radius 2 is 1.86 bits per heavy atom. The van der Waals surface area contributed by atoms with Crippen LogP contribution in [-0.2, 0) is 16.1 Å². The average molecular weight is 407 g/mol. The summed E-state index contributed by atoms with van der Waals surface area (Å²) in [7, 11) is 0. The zero-order valence-electron chi connectivity index (χ0n) is 17.9. The second-order valence-electron chi connectivity index (χ2n) is 8.51. The van der Waals surface area contributed by atoms with Crippen molar-refractivity contribution >= 4 is 12.2 Å². The van der Waals surface area contributed by atoms with Crippen molar-refractivity contribution in [2.75, 3.05) is 6.54 Å². The van der Waals surface area contributed by atoms with Crippen LogP contribution in [0.5, 0.6) is 0 Å². The molecule has 1 aromatic carbocycles. The lowest BCUT2D eigenvalue weighted by atomic mass is 10.1. The smallest absolute Gasteiger partial charge is 0.410 e. The molecule has 1 unspecified atom stereocenters. The Kier molecular flexibility index (Phi) is 8.32. The molecule has 0 radical (unpaired) electrons. The van der Waals surface area contributed by atoms with Gasteiger partial charge in [-0.05, 0) is 52.0 Å². The molecule has 1 aromatic rings. The van der Waals surface area contributed by atoms with E-state index in [4.69, 9.17) is 9.47 Å². The molecule has 7 nitrogen and oxygen atoms in total. The van der Waals surface area contributed by atoms with Crippen LogP contribution < -0.4 is 5.32 Å². The highest BCUT2D eigenvalue weighted by Crippen LogP contribution is 2.29. The maximum Gasteiger partial charge on any atom is 0.410 e. The van der Waals surface area contributed by atoms with Gasteiger partial charge in [0, 0.05) is 12.6 Å². The van der Waals surface area contributed by atoms with E-state index in [1.807, 2.05) is 58.0 Å². The summed E-state index contributed by atoms with van der Waals surface area (Å²) in [5.41, 5.74) is 0.299. The molecule has 3 atom stereocenters. The molecule has 29 heavy (non-hydrogen) atoms. The molecule has 0 spiro atoms. The minimum absolute atomic E-state index is 0.105. The van der Waals surface area contributed by atoms with Gasteiger partial charge in [-0.1, -0.05) is 37.3 Å². The zero-order valence-corrected chi connectivity index (χ0v) is 17.9. The molecule has 1 aliphatic rings. The van der Waals surface area contributed by atoms with Crippen LogP contribution in [0.2, 0.25) is 0 Å². The fourth-order valence-electron chi connectivity index (χ4n) is 3.46. The molecule has 2 N–H and O–H groups in total. The normalized spacial score (nSPS) is 20.2. The van der Waals surface area contributed by atoms with E-state index in [2.05, 4.69) is 5.32 Å². The van der Waals surface area contributed by atoms with Gasteiger partial charge in [0.2, 0.25) is 0 Å². The molecule has 1 aliphatic heterocycles. The van der Waals surface area contributed by atoms with Crippen molar-refractivity contribution in [3.8, 4) is 0 Å². The van der Waals surface area contributed by atoms with Gasteiger partial charge in [0.15, 0.2) is 0 Å². The highest BCUT2D eigenvalue weighted by Gasteiger charge is 2.40. The number of hydrogen-bond acceptors (Lipinski definition) is 5. The Morgan fingerprint density at radius 3 is 2.48 bits per heavy atom. The second-order valence-corrected chi connectivity index (χ2v) is 8.51. The first-order valence-electron chi connectivity index (χ1n) is 10.3. The molecule has 162 valence electrons. The first kappa shape index (κ1) is 23.0. The predicted molar refractivity (Wildman–Crippen MR) is 110 cm³/mol. The topological polar surface area (TPSA) is 88.1 Å². The number of amides is 2. The maximum absolute atomic E-state index is 12.8. The van der Waals surface area contributed by atoms with Crippen molar-refractivity contribution < 1.29 is 24.2 Å². The molecule has 1 saturated heterocycles. The number of hydrogen-bond donors (Lipinski definition) is 2. The number of nitrogens with zero attached hydrogens (tertiary/aromatic N) is 1. The van der Waals surface area contributed by atoms with Crippen LogP contribution in [0.3, 0.4) is 0 Å². The number of aliphatic hydroxyl groups excluding tert-OH is 1. The molecular formula is C22H34N2O5. The van der Waals surface area contributed by atoms with Gasteiger partial charge in [0.05, 0.1) is 12.1 Å². The zero-order chi connectivity index (χ0) is 21.4. The third-order valence-electron chi connectivity index (χ3n) is 4.93. The van der Waals surface area contributed by atoms with E-state index in [0.717, 1.165) is 18.4 Å². The van der Waals surface area contributed by atoms with E-state index in [0.29, 0.717) is 12.8 Å². The first-order chi connectivity index (χ1) is 13.7. The minimum atomic E-state index is -0.611. The van der Waals surface area contributed by atoms with E-state index in [1.54, 1.807) is 4.90 Å². The highest BCUT2D eigenvalue weighted by atomic mass is 16.6. The second kappa shape index (κ2) is 10.5. The number of carbonyl (C=O) groups is 2. The van der Waals surface area contributed by atoms with E-state index >= 15 is 0 Å². The summed E-state index contributed by atoms with van der Waals surface area (Å²) < 4.78 is 10.8. The molecule has 0 saturated carbocycles. The van der Waals surface area contributed by atoms with E-state index < -0.39 is 23.9 Å². The molecule has 0 aliphatic carbocycles. The largest absolute Gasteiger partial charge is 0.445 e. The minimum Gasteiger partial charge on any atom is -0.445 e. The average Bonchev–Trinajstić information content (AvgIpc) is 3.06. The number of nitrogens with one attached hydrogen (secondary N) is 1. The lowest BCUT2D eigenvalue weighted by molar-refractivity contribution is 0.00918. The van der Waals surface area contributed by atoms with Crippen molar-refractivity contribution in [1.29, 1.82) is 0 Å².